The van der Waals surface area contributed by atoms with Crippen molar-refractivity contribution in [2.45, 2.75) is 33.2 Å². The molecular formula is C23H26N4O4. The molecule has 0 saturated carbocycles. The van der Waals surface area contributed by atoms with Crippen molar-refractivity contribution in [3.8, 4) is 11.5 Å². The third-order valence-electron chi connectivity index (χ3n) is 4.71. The quantitative estimate of drug-likeness (QED) is 0.324. The Balaban J connectivity index is 1.80. The van der Waals surface area contributed by atoms with Gasteiger partial charge in [0.1, 0.15) is 0 Å². The van der Waals surface area contributed by atoms with Crippen molar-refractivity contribution >= 4 is 22.9 Å². The monoisotopic (exact) mass is 422 g/mol. The minimum absolute atomic E-state index is 0.146. The third kappa shape index (κ3) is 5.09. The van der Waals surface area contributed by atoms with Crippen molar-refractivity contribution in [1.82, 2.24) is 15.2 Å². The smallest absolute Gasteiger partial charge is 0.292 e. The molecule has 3 aromatic rings. The molecule has 1 amide bonds. The molecule has 8 heteroatoms. The van der Waals surface area contributed by atoms with E-state index in [4.69, 9.17) is 9.47 Å². The van der Waals surface area contributed by atoms with Crippen molar-refractivity contribution < 1.29 is 14.3 Å². The second-order valence-corrected chi connectivity index (χ2v) is 6.83. The van der Waals surface area contributed by atoms with Crippen LogP contribution in [0, 0.1) is 0 Å². The van der Waals surface area contributed by atoms with Crippen molar-refractivity contribution in [3.05, 3.63) is 64.1 Å². The zero-order valence-corrected chi connectivity index (χ0v) is 17.9. The summed E-state index contributed by atoms with van der Waals surface area (Å²) in [7, 11) is 1.59. The van der Waals surface area contributed by atoms with Gasteiger partial charge in [-0.3, -0.25) is 9.59 Å². The van der Waals surface area contributed by atoms with Gasteiger partial charge in [-0.25, -0.2) is 10.1 Å². The molecule has 162 valence electrons. The van der Waals surface area contributed by atoms with Gasteiger partial charge in [0.05, 0.1) is 25.3 Å². The molecule has 0 radical (unpaired) electrons. The number of carbonyl (C=O) groups is 1. The number of benzene rings is 2. The predicted molar refractivity (Wildman–Crippen MR) is 120 cm³/mol. The summed E-state index contributed by atoms with van der Waals surface area (Å²) < 4.78 is 12.4. The first-order valence-corrected chi connectivity index (χ1v) is 10.2. The van der Waals surface area contributed by atoms with Gasteiger partial charge in [0.2, 0.25) is 0 Å². The van der Waals surface area contributed by atoms with Gasteiger partial charge < -0.3 is 9.47 Å². The van der Waals surface area contributed by atoms with Crippen LogP contribution in [-0.4, -0.2) is 35.6 Å². The van der Waals surface area contributed by atoms with Crippen LogP contribution in [0.1, 0.15) is 42.7 Å². The standard InChI is InChI=1S/C23H26N4O4/c1-4-6-13-31-20-14-16(11-12-19(20)30-3)15-24-25-22(28)21-17-9-7-8-10-18(17)23(29)27(5-2)26-21/h7-12,14-15H,4-6,13H2,1-3H3,(H,25,28)/b24-15-. The fourth-order valence-corrected chi connectivity index (χ4v) is 3.05. The third-order valence-corrected chi connectivity index (χ3v) is 4.71. The van der Waals surface area contributed by atoms with Crippen LogP contribution in [0.5, 0.6) is 11.5 Å². The molecule has 0 unspecified atom stereocenters. The lowest BCUT2D eigenvalue weighted by molar-refractivity contribution is 0.0949. The molecule has 0 aliphatic carbocycles. The van der Waals surface area contributed by atoms with E-state index in [1.165, 1.54) is 10.9 Å². The van der Waals surface area contributed by atoms with Crippen LogP contribution >= 0.6 is 0 Å². The molecule has 2 aromatic carbocycles. The van der Waals surface area contributed by atoms with Gasteiger partial charge in [-0.05, 0) is 43.2 Å². The van der Waals surface area contributed by atoms with Crippen LogP contribution in [-0.2, 0) is 6.54 Å². The van der Waals surface area contributed by atoms with Crippen LogP contribution in [0.25, 0.3) is 10.8 Å². The Morgan fingerprint density at radius 1 is 1.16 bits per heavy atom. The highest BCUT2D eigenvalue weighted by molar-refractivity contribution is 6.04. The van der Waals surface area contributed by atoms with E-state index < -0.39 is 5.91 Å². The lowest BCUT2D eigenvalue weighted by atomic mass is 10.1. The first kappa shape index (κ1) is 22.0. The number of rotatable bonds is 9. The van der Waals surface area contributed by atoms with E-state index in [0.29, 0.717) is 35.4 Å². The minimum atomic E-state index is -0.498. The number of hydrogen-bond acceptors (Lipinski definition) is 6. The van der Waals surface area contributed by atoms with Gasteiger partial charge >= 0.3 is 0 Å². The Morgan fingerprint density at radius 3 is 2.65 bits per heavy atom. The molecule has 0 aliphatic heterocycles. The molecule has 3 rings (SSSR count). The molecule has 0 saturated heterocycles. The number of aryl methyl sites for hydroxylation is 1. The van der Waals surface area contributed by atoms with E-state index in [1.54, 1.807) is 50.4 Å². The number of nitrogens with one attached hydrogen (secondary N) is 1. The number of fused-ring (bicyclic) bond motifs is 1. The number of carbonyl (C=O) groups excluding carboxylic acids is 1. The topological polar surface area (TPSA) is 94.8 Å². The van der Waals surface area contributed by atoms with Crippen LogP contribution < -0.4 is 20.5 Å². The number of unbranched alkanes of at least 4 members (excludes halogenated alkanes) is 1. The van der Waals surface area contributed by atoms with Crippen molar-refractivity contribution in [2.24, 2.45) is 5.10 Å². The molecule has 1 heterocycles. The first-order valence-electron chi connectivity index (χ1n) is 10.2. The maximum Gasteiger partial charge on any atom is 0.292 e. The lowest BCUT2D eigenvalue weighted by Crippen LogP contribution is -2.28. The van der Waals surface area contributed by atoms with Crippen LogP contribution in [0.15, 0.2) is 52.4 Å². The average molecular weight is 422 g/mol. The van der Waals surface area contributed by atoms with Gasteiger partial charge in [-0.15, -0.1) is 0 Å². The second kappa shape index (κ2) is 10.4. The maximum atomic E-state index is 12.7. The van der Waals surface area contributed by atoms with E-state index in [1.807, 2.05) is 6.07 Å². The SMILES string of the molecule is CCCCOc1cc(/C=N\NC(=O)c2nn(CC)c(=O)c3ccccc23)ccc1OC. The van der Waals surface area contributed by atoms with Crippen molar-refractivity contribution in [2.75, 3.05) is 13.7 Å². The number of hydrogen-bond donors (Lipinski definition) is 1. The highest BCUT2D eigenvalue weighted by Gasteiger charge is 2.15. The predicted octanol–water partition coefficient (Wildman–Crippen LogP) is 3.37. The van der Waals surface area contributed by atoms with Crippen LogP contribution in [0.2, 0.25) is 0 Å². The maximum absolute atomic E-state index is 12.7. The van der Waals surface area contributed by atoms with E-state index in [-0.39, 0.29) is 11.3 Å². The number of nitrogens with zero attached hydrogens (tertiary/aromatic N) is 3. The molecule has 31 heavy (non-hydrogen) atoms. The van der Waals surface area contributed by atoms with E-state index in [9.17, 15) is 9.59 Å². The van der Waals surface area contributed by atoms with Crippen molar-refractivity contribution in [1.29, 1.82) is 0 Å². The van der Waals surface area contributed by atoms with E-state index >= 15 is 0 Å². The Morgan fingerprint density at radius 2 is 1.94 bits per heavy atom. The zero-order valence-electron chi connectivity index (χ0n) is 17.9. The second-order valence-electron chi connectivity index (χ2n) is 6.83. The fourth-order valence-electron chi connectivity index (χ4n) is 3.05. The van der Waals surface area contributed by atoms with Gasteiger partial charge in [0, 0.05) is 11.9 Å². The van der Waals surface area contributed by atoms with E-state index in [2.05, 4.69) is 22.5 Å². The summed E-state index contributed by atoms with van der Waals surface area (Å²) in [4.78, 5) is 25.2. The summed E-state index contributed by atoms with van der Waals surface area (Å²) in [6, 6.07) is 12.3. The minimum Gasteiger partial charge on any atom is -0.493 e. The largest absolute Gasteiger partial charge is 0.493 e. The number of amides is 1. The molecule has 1 aromatic heterocycles. The Kier molecular flexibility index (Phi) is 7.37. The molecule has 1 N–H and O–H groups in total. The summed E-state index contributed by atoms with van der Waals surface area (Å²) in [6.07, 6.45) is 3.49. The molecule has 0 bridgehead atoms. The Bertz CT molecular complexity index is 1150. The van der Waals surface area contributed by atoms with Gasteiger partial charge in [-0.1, -0.05) is 31.5 Å². The Hall–Kier alpha value is -3.68. The number of methoxy groups -OCH3 is 1. The first-order chi connectivity index (χ1) is 15.1. The molecule has 0 spiro atoms. The highest BCUT2D eigenvalue weighted by atomic mass is 16.5. The number of ether oxygens (including phenoxy) is 2. The summed E-state index contributed by atoms with van der Waals surface area (Å²) in [5, 5.41) is 9.18. The molecule has 0 aliphatic rings. The average Bonchev–Trinajstić information content (AvgIpc) is 2.80. The zero-order chi connectivity index (χ0) is 22.2. The summed E-state index contributed by atoms with van der Waals surface area (Å²) in [6.45, 7) is 4.85. The number of hydrazone groups is 1. The number of aromatic nitrogens is 2. The molecule has 0 atom stereocenters. The summed E-state index contributed by atoms with van der Waals surface area (Å²) >= 11 is 0. The normalized spacial score (nSPS) is 11.1. The van der Waals surface area contributed by atoms with Crippen LogP contribution in [0.4, 0.5) is 0 Å². The summed E-state index contributed by atoms with van der Waals surface area (Å²) in [5.41, 5.74) is 3.15. The lowest BCUT2D eigenvalue weighted by Gasteiger charge is -2.11. The van der Waals surface area contributed by atoms with Crippen LogP contribution in [0.3, 0.4) is 0 Å². The summed E-state index contributed by atoms with van der Waals surface area (Å²) in [5.74, 6) is 0.756. The van der Waals surface area contributed by atoms with Crippen molar-refractivity contribution in [3.63, 3.8) is 0 Å². The molecule has 0 fully saturated rings. The fraction of sp³-hybridized carbons (Fsp3) is 0.304. The molecular weight excluding hydrogens is 396 g/mol. The Labute approximate surface area is 180 Å². The van der Waals surface area contributed by atoms with Gasteiger partial charge in [0.25, 0.3) is 11.5 Å². The molecule has 8 nitrogen and oxygen atoms in total. The highest BCUT2D eigenvalue weighted by Crippen LogP contribution is 2.27. The van der Waals surface area contributed by atoms with E-state index in [0.717, 1.165) is 18.4 Å². The van der Waals surface area contributed by atoms with Gasteiger partial charge in [0.15, 0.2) is 17.2 Å². The van der Waals surface area contributed by atoms with Gasteiger partial charge in [-0.2, -0.15) is 10.2 Å².